The molecule has 0 saturated carbocycles. The molecule has 0 amide bonds. The molecule has 0 unspecified atom stereocenters. The molecule has 1 aliphatic rings. The van der Waals surface area contributed by atoms with Gasteiger partial charge in [0.05, 0.1) is 14.2 Å². The Hall–Kier alpha value is -3.47. The number of anilines is 2. The van der Waals surface area contributed by atoms with Gasteiger partial charge in [-0.15, -0.1) is 0 Å². The molecular weight excluding hydrogens is 338 g/mol. The Labute approximate surface area is 158 Å². The van der Waals surface area contributed by atoms with Crippen molar-refractivity contribution in [1.82, 2.24) is 0 Å². The Morgan fingerprint density at radius 1 is 0.926 bits per heavy atom. The summed E-state index contributed by atoms with van der Waals surface area (Å²) in [7, 11) is 5.06. The third-order valence-corrected chi connectivity index (χ3v) is 4.89. The predicted molar refractivity (Wildman–Crippen MR) is 112 cm³/mol. The molecule has 0 atom stereocenters. The highest BCUT2D eigenvalue weighted by atomic mass is 16.5. The summed E-state index contributed by atoms with van der Waals surface area (Å²) in [5.74, 6) is 1.56. The van der Waals surface area contributed by atoms with Gasteiger partial charge in [-0.2, -0.15) is 0 Å². The van der Waals surface area contributed by atoms with Gasteiger partial charge in [0.15, 0.2) is 17.5 Å². The Bertz CT molecular complexity index is 1060. The smallest absolute Gasteiger partial charge is 0.199 e. The monoisotopic (exact) mass is 359 g/mol. The van der Waals surface area contributed by atoms with Gasteiger partial charge in [-0.25, -0.2) is 0 Å². The number of guanidine groups is 1. The first-order chi connectivity index (χ1) is 13.1. The topological polar surface area (TPSA) is 57.6 Å². The van der Waals surface area contributed by atoms with Gasteiger partial charge < -0.3 is 19.7 Å². The maximum Gasteiger partial charge on any atom is 0.199 e. The van der Waals surface area contributed by atoms with E-state index >= 15 is 0 Å². The number of nitrogens with one attached hydrogen (secondary N) is 2. The average Bonchev–Trinajstić information content (AvgIpc) is 3.13. The van der Waals surface area contributed by atoms with Crippen LogP contribution in [0, 0.1) is 5.41 Å². The minimum Gasteiger partial charge on any atom is -0.493 e. The quantitative estimate of drug-likeness (QED) is 0.405. The van der Waals surface area contributed by atoms with Gasteiger partial charge in [-0.1, -0.05) is 36.4 Å². The SMILES string of the molecule is COc1ccc(N(C)C(=N)Nc2ccc3c4c(cccc24)C=C3)cc1OC. The number of ether oxygens (including phenoxy) is 2. The minimum absolute atomic E-state index is 0.272. The Balaban J connectivity index is 1.63. The molecule has 4 rings (SSSR count). The van der Waals surface area contributed by atoms with Crippen LogP contribution in [-0.4, -0.2) is 27.2 Å². The highest BCUT2D eigenvalue weighted by Crippen LogP contribution is 2.36. The molecule has 136 valence electrons. The molecule has 3 aromatic rings. The van der Waals surface area contributed by atoms with E-state index in [2.05, 4.69) is 35.7 Å². The van der Waals surface area contributed by atoms with Crippen LogP contribution in [0.5, 0.6) is 11.5 Å². The Morgan fingerprint density at radius 2 is 1.67 bits per heavy atom. The first-order valence-corrected chi connectivity index (χ1v) is 8.67. The van der Waals surface area contributed by atoms with Crippen molar-refractivity contribution >= 4 is 40.3 Å². The van der Waals surface area contributed by atoms with Crippen LogP contribution in [-0.2, 0) is 0 Å². The molecule has 2 N–H and O–H groups in total. The van der Waals surface area contributed by atoms with Crippen molar-refractivity contribution < 1.29 is 9.47 Å². The molecule has 0 bridgehead atoms. The second-order valence-electron chi connectivity index (χ2n) is 6.38. The molecule has 0 fully saturated rings. The number of hydrogen-bond acceptors (Lipinski definition) is 3. The summed E-state index contributed by atoms with van der Waals surface area (Å²) in [5.41, 5.74) is 4.17. The van der Waals surface area contributed by atoms with Gasteiger partial charge in [0.1, 0.15) is 0 Å². The van der Waals surface area contributed by atoms with E-state index in [1.54, 1.807) is 19.1 Å². The molecule has 0 saturated heterocycles. The van der Waals surface area contributed by atoms with Crippen molar-refractivity contribution in [1.29, 1.82) is 5.41 Å². The van der Waals surface area contributed by atoms with Crippen LogP contribution in [0.4, 0.5) is 11.4 Å². The summed E-state index contributed by atoms with van der Waals surface area (Å²) in [6, 6.07) is 15.9. The highest BCUT2D eigenvalue weighted by molar-refractivity contribution is 6.13. The second kappa shape index (κ2) is 6.68. The summed E-state index contributed by atoms with van der Waals surface area (Å²) >= 11 is 0. The van der Waals surface area contributed by atoms with Crippen molar-refractivity contribution in [2.24, 2.45) is 0 Å². The molecule has 5 nitrogen and oxygen atoms in total. The van der Waals surface area contributed by atoms with Crippen LogP contribution in [0.2, 0.25) is 0 Å². The zero-order valence-electron chi connectivity index (χ0n) is 15.5. The van der Waals surface area contributed by atoms with E-state index in [4.69, 9.17) is 14.9 Å². The normalized spacial score (nSPS) is 11.5. The molecule has 0 aromatic heterocycles. The van der Waals surface area contributed by atoms with E-state index in [9.17, 15) is 0 Å². The summed E-state index contributed by atoms with van der Waals surface area (Å²) in [4.78, 5) is 1.77. The molecule has 0 radical (unpaired) electrons. The van der Waals surface area contributed by atoms with Crippen molar-refractivity contribution in [2.45, 2.75) is 0 Å². The van der Waals surface area contributed by atoms with E-state index in [1.807, 2.05) is 37.4 Å². The fourth-order valence-electron chi connectivity index (χ4n) is 3.40. The largest absolute Gasteiger partial charge is 0.493 e. The highest BCUT2D eigenvalue weighted by Gasteiger charge is 2.15. The maximum absolute atomic E-state index is 8.52. The first kappa shape index (κ1) is 17.0. The lowest BCUT2D eigenvalue weighted by Crippen LogP contribution is -2.32. The van der Waals surface area contributed by atoms with E-state index in [-0.39, 0.29) is 5.96 Å². The molecule has 1 aliphatic carbocycles. The molecule has 27 heavy (non-hydrogen) atoms. The lowest BCUT2D eigenvalue weighted by Gasteiger charge is -2.23. The third kappa shape index (κ3) is 2.87. The van der Waals surface area contributed by atoms with E-state index < -0.39 is 0 Å². The van der Waals surface area contributed by atoms with E-state index in [0.29, 0.717) is 11.5 Å². The zero-order chi connectivity index (χ0) is 19.0. The molecule has 5 heteroatoms. The van der Waals surface area contributed by atoms with Crippen molar-refractivity contribution in [2.75, 3.05) is 31.5 Å². The number of methoxy groups -OCH3 is 2. The van der Waals surface area contributed by atoms with Gasteiger partial charge in [0.25, 0.3) is 0 Å². The fourth-order valence-corrected chi connectivity index (χ4v) is 3.40. The van der Waals surface area contributed by atoms with Crippen molar-refractivity contribution in [3.05, 3.63) is 59.7 Å². The fraction of sp³-hybridized carbons (Fsp3) is 0.136. The summed E-state index contributed by atoms with van der Waals surface area (Å²) < 4.78 is 10.7. The summed E-state index contributed by atoms with van der Waals surface area (Å²) in [6.45, 7) is 0. The molecule has 0 heterocycles. The van der Waals surface area contributed by atoms with Crippen LogP contribution in [0.3, 0.4) is 0 Å². The van der Waals surface area contributed by atoms with Crippen LogP contribution >= 0.6 is 0 Å². The molecule has 0 aliphatic heterocycles. The minimum atomic E-state index is 0.272. The van der Waals surface area contributed by atoms with Crippen LogP contribution < -0.4 is 19.7 Å². The lowest BCUT2D eigenvalue weighted by molar-refractivity contribution is 0.355. The Kier molecular flexibility index (Phi) is 4.20. The second-order valence-corrected chi connectivity index (χ2v) is 6.38. The zero-order valence-corrected chi connectivity index (χ0v) is 15.5. The van der Waals surface area contributed by atoms with E-state index in [1.165, 1.54) is 16.5 Å². The van der Waals surface area contributed by atoms with Gasteiger partial charge in [-0.3, -0.25) is 5.41 Å². The van der Waals surface area contributed by atoms with Crippen LogP contribution in [0.25, 0.3) is 22.9 Å². The standard InChI is InChI=1S/C22H21N3O2/c1-25(16-10-12-19(26-2)20(13-16)27-3)22(23)24-18-11-9-15-8-7-14-5-4-6-17(18)21(14)15/h4-13H,1-3H3,(H2,23,24). The maximum atomic E-state index is 8.52. The summed E-state index contributed by atoms with van der Waals surface area (Å²) in [5, 5.41) is 14.1. The predicted octanol–water partition coefficient (Wildman–Crippen LogP) is 4.82. The van der Waals surface area contributed by atoms with Gasteiger partial charge in [0.2, 0.25) is 0 Å². The number of hydrogen-bond donors (Lipinski definition) is 2. The summed E-state index contributed by atoms with van der Waals surface area (Å²) in [6.07, 6.45) is 4.26. The number of benzene rings is 3. The Morgan fingerprint density at radius 3 is 2.41 bits per heavy atom. The van der Waals surface area contributed by atoms with Crippen LogP contribution in [0.1, 0.15) is 11.1 Å². The molecule has 3 aromatic carbocycles. The lowest BCUT2D eigenvalue weighted by atomic mass is 10.0. The molecule has 0 spiro atoms. The van der Waals surface area contributed by atoms with Gasteiger partial charge in [0, 0.05) is 29.9 Å². The van der Waals surface area contributed by atoms with E-state index in [0.717, 1.165) is 16.8 Å². The molecular formula is C22H21N3O2. The first-order valence-electron chi connectivity index (χ1n) is 8.67. The van der Waals surface area contributed by atoms with Gasteiger partial charge in [-0.05, 0) is 34.7 Å². The van der Waals surface area contributed by atoms with Crippen molar-refractivity contribution in [3.63, 3.8) is 0 Å². The number of nitrogens with zero attached hydrogens (tertiary/aromatic N) is 1. The average molecular weight is 359 g/mol. The van der Waals surface area contributed by atoms with Gasteiger partial charge >= 0.3 is 0 Å². The van der Waals surface area contributed by atoms with Crippen LogP contribution in [0.15, 0.2) is 48.5 Å². The third-order valence-electron chi connectivity index (χ3n) is 4.89. The van der Waals surface area contributed by atoms with Crippen molar-refractivity contribution in [3.8, 4) is 11.5 Å². The number of rotatable bonds is 4.